The van der Waals surface area contributed by atoms with Crippen molar-refractivity contribution in [2.45, 2.75) is 25.6 Å². The number of ether oxygens (including phenoxy) is 2. The van der Waals surface area contributed by atoms with Crippen molar-refractivity contribution in [1.29, 1.82) is 0 Å². The molecule has 9 heteroatoms. The predicted molar refractivity (Wildman–Crippen MR) is 90.0 cm³/mol. The smallest absolute Gasteiger partial charge is 0.422 e. The molecule has 0 aromatic carbocycles. The van der Waals surface area contributed by atoms with Gasteiger partial charge in [0.1, 0.15) is 0 Å². The van der Waals surface area contributed by atoms with E-state index in [0.29, 0.717) is 6.54 Å². The van der Waals surface area contributed by atoms with Crippen molar-refractivity contribution in [3.63, 3.8) is 0 Å². The van der Waals surface area contributed by atoms with Crippen LogP contribution in [-0.2, 0) is 11.3 Å². The van der Waals surface area contributed by atoms with Gasteiger partial charge in [-0.25, -0.2) is 4.98 Å². The van der Waals surface area contributed by atoms with E-state index >= 15 is 0 Å². The Morgan fingerprint density at radius 3 is 3.00 bits per heavy atom. The highest BCUT2D eigenvalue weighted by atomic mass is 19.4. The van der Waals surface area contributed by atoms with Crippen LogP contribution in [0, 0.1) is 5.41 Å². The van der Waals surface area contributed by atoms with Gasteiger partial charge in [0.15, 0.2) is 12.6 Å². The molecule has 1 spiro atoms. The molecular formula is C17H23F3N4O2. The second-order valence-corrected chi connectivity index (χ2v) is 6.78. The molecule has 1 atom stereocenters. The van der Waals surface area contributed by atoms with Gasteiger partial charge in [0, 0.05) is 51.0 Å². The first kappa shape index (κ1) is 18.8. The number of pyridine rings is 1. The number of likely N-dealkylation sites (tertiary alicyclic amines) is 1. The van der Waals surface area contributed by atoms with E-state index in [2.05, 4.69) is 24.9 Å². The van der Waals surface area contributed by atoms with Gasteiger partial charge in [0.25, 0.3) is 0 Å². The van der Waals surface area contributed by atoms with Gasteiger partial charge in [-0.3, -0.25) is 4.99 Å². The molecule has 0 bridgehead atoms. The normalized spacial score (nSPS) is 23.7. The van der Waals surface area contributed by atoms with Gasteiger partial charge >= 0.3 is 6.18 Å². The third-order valence-corrected chi connectivity index (χ3v) is 4.77. The van der Waals surface area contributed by atoms with E-state index in [-0.39, 0.29) is 11.3 Å². The zero-order chi connectivity index (χ0) is 18.6. The molecule has 144 valence electrons. The van der Waals surface area contributed by atoms with Crippen LogP contribution >= 0.6 is 0 Å². The molecule has 2 saturated heterocycles. The Hall–Kier alpha value is -2.03. The second-order valence-electron chi connectivity index (χ2n) is 6.78. The molecule has 6 nitrogen and oxygen atoms in total. The van der Waals surface area contributed by atoms with Crippen LogP contribution in [0.25, 0.3) is 0 Å². The average molecular weight is 372 g/mol. The number of aliphatic imine (C=N–C) groups is 1. The maximum Gasteiger partial charge on any atom is 0.422 e. The minimum Gasteiger partial charge on any atom is -0.468 e. The third-order valence-electron chi connectivity index (χ3n) is 4.77. The largest absolute Gasteiger partial charge is 0.468 e. The number of nitrogens with one attached hydrogen (secondary N) is 1. The molecule has 0 radical (unpaired) electrons. The zero-order valence-electron chi connectivity index (χ0n) is 14.7. The lowest BCUT2D eigenvalue weighted by Crippen LogP contribution is -2.41. The number of alkyl halides is 3. The Kier molecular flexibility index (Phi) is 5.55. The van der Waals surface area contributed by atoms with Crippen molar-refractivity contribution < 1.29 is 22.6 Å². The molecule has 0 saturated carbocycles. The Morgan fingerprint density at radius 2 is 2.31 bits per heavy atom. The molecule has 1 aromatic rings. The monoisotopic (exact) mass is 372 g/mol. The maximum absolute atomic E-state index is 12.2. The minimum absolute atomic E-state index is 0.0418. The molecule has 3 rings (SSSR count). The molecule has 0 amide bonds. The summed E-state index contributed by atoms with van der Waals surface area (Å²) >= 11 is 0. The van der Waals surface area contributed by atoms with E-state index in [1.165, 1.54) is 12.3 Å². The van der Waals surface area contributed by atoms with Crippen molar-refractivity contribution >= 4 is 5.96 Å². The van der Waals surface area contributed by atoms with Crippen molar-refractivity contribution in [3.05, 3.63) is 23.9 Å². The number of nitrogens with zero attached hydrogens (tertiary/aromatic N) is 3. The number of halogens is 3. The summed E-state index contributed by atoms with van der Waals surface area (Å²) in [6.07, 6.45) is -0.789. The van der Waals surface area contributed by atoms with Gasteiger partial charge in [-0.2, -0.15) is 13.2 Å². The quantitative estimate of drug-likeness (QED) is 0.649. The first-order valence-corrected chi connectivity index (χ1v) is 8.57. The molecule has 26 heavy (non-hydrogen) atoms. The Morgan fingerprint density at radius 1 is 1.46 bits per heavy atom. The number of aromatic nitrogens is 1. The first-order valence-electron chi connectivity index (χ1n) is 8.57. The fourth-order valence-corrected chi connectivity index (χ4v) is 3.40. The van der Waals surface area contributed by atoms with E-state index in [0.717, 1.165) is 50.7 Å². The van der Waals surface area contributed by atoms with Crippen LogP contribution in [0.3, 0.4) is 0 Å². The summed E-state index contributed by atoms with van der Waals surface area (Å²) < 4.78 is 47.0. The highest BCUT2D eigenvalue weighted by Gasteiger charge is 2.42. The van der Waals surface area contributed by atoms with Crippen LogP contribution < -0.4 is 10.1 Å². The topological polar surface area (TPSA) is 59.0 Å². The highest BCUT2D eigenvalue weighted by molar-refractivity contribution is 5.80. The first-order chi connectivity index (χ1) is 12.4. The molecule has 1 aromatic heterocycles. The van der Waals surface area contributed by atoms with E-state index in [4.69, 9.17) is 4.74 Å². The average Bonchev–Trinajstić information content (AvgIpc) is 3.24. The molecular weight excluding hydrogens is 349 g/mol. The lowest BCUT2D eigenvalue weighted by molar-refractivity contribution is -0.154. The lowest BCUT2D eigenvalue weighted by atomic mass is 9.87. The fraction of sp³-hybridized carbons (Fsp3) is 0.647. The van der Waals surface area contributed by atoms with E-state index in [1.807, 2.05) is 0 Å². The molecule has 0 aliphatic carbocycles. The van der Waals surface area contributed by atoms with Crippen molar-refractivity contribution in [1.82, 2.24) is 15.2 Å². The maximum atomic E-state index is 12.2. The summed E-state index contributed by atoms with van der Waals surface area (Å²) in [6.45, 7) is 2.51. The van der Waals surface area contributed by atoms with Gasteiger partial charge in [-0.05, 0) is 24.5 Å². The van der Waals surface area contributed by atoms with E-state index in [9.17, 15) is 13.2 Å². The highest BCUT2D eigenvalue weighted by Crippen LogP contribution is 2.38. The summed E-state index contributed by atoms with van der Waals surface area (Å²) in [5.74, 6) is 0.739. The Labute approximate surface area is 150 Å². The molecule has 1 N–H and O–H groups in total. The SMILES string of the molecule is CN=C(NCc1ccnc(OCC(F)(F)F)c1)N1CCC2(CCOC2)C1. The fourth-order valence-electron chi connectivity index (χ4n) is 3.40. The van der Waals surface area contributed by atoms with Gasteiger partial charge in [0.05, 0.1) is 6.61 Å². The number of rotatable bonds is 4. The van der Waals surface area contributed by atoms with Crippen LogP contribution in [0.15, 0.2) is 23.3 Å². The van der Waals surface area contributed by atoms with Gasteiger partial charge in [-0.1, -0.05) is 0 Å². The molecule has 2 aliphatic rings. The molecule has 2 fully saturated rings. The standard InChI is InChI=1S/C17H23F3N4O2/c1-21-15(24-6-3-16(10-24)4-7-25-11-16)23-9-13-2-5-22-14(8-13)26-12-17(18,19)20/h2,5,8H,3-4,6-7,9-12H2,1H3,(H,21,23). The Balaban J connectivity index is 1.54. The van der Waals surface area contributed by atoms with Crippen molar-refractivity contribution in [2.24, 2.45) is 10.4 Å². The second kappa shape index (κ2) is 7.69. The number of guanidine groups is 1. The predicted octanol–water partition coefficient (Wildman–Crippen LogP) is 2.21. The summed E-state index contributed by atoms with van der Waals surface area (Å²) in [7, 11) is 1.73. The van der Waals surface area contributed by atoms with Gasteiger partial charge < -0.3 is 19.7 Å². The van der Waals surface area contributed by atoms with Crippen LogP contribution in [0.4, 0.5) is 13.2 Å². The van der Waals surface area contributed by atoms with Crippen molar-refractivity contribution in [2.75, 3.05) is 40.0 Å². The van der Waals surface area contributed by atoms with E-state index in [1.54, 1.807) is 13.1 Å². The van der Waals surface area contributed by atoms with Crippen LogP contribution in [-0.4, -0.2) is 62.0 Å². The number of hydrogen-bond donors (Lipinski definition) is 1. The zero-order valence-corrected chi connectivity index (χ0v) is 14.7. The summed E-state index contributed by atoms with van der Waals surface area (Å²) in [6, 6.07) is 3.24. The number of hydrogen-bond acceptors (Lipinski definition) is 4. The van der Waals surface area contributed by atoms with Crippen LogP contribution in [0.5, 0.6) is 5.88 Å². The third kappa shape index (κ3) is 4.78. The van der Waals surface area contributed by atoms with Crippen LogP contribution in [0.2, 0.25) is 0 Å². The molecule has 2 aliphatic heterocycles. The van der Waals surface area contributed by atoms with E-state index < -0.39 is 12.8 Å². The van der Waals surface area contributed by atoms with Gasteiger partial charge in [0.2, 0.25) is 5.88 Å². The lowest BCUT2D eigenvalue weighted by Gasteiger charge is -2.25. The van der Waals surface area contributed by atoms with Gasteiger partial charge in [-0.15, -0.1) is 0 Å². The summed E-state index contributed by atoms with van der Waals surface area (Å²) in [4.78, 5) is 10.3. The minimum atomic E-state index is -4.38. The molecule has 1 unspecified atom stereocenters. The summed E-state index contributed by atoms with van der Waals surface area (Å²) in [5.41, 5.74) is 1.00. The van der Waals surface area contributed by atoms with Crippen molar-refractivity contribution in [3.8, 4) is 5.88 Å². The summed E-state index contributed by atoms with van der Waals surface area (Å²) in [5, 5.41) is 3.26. The van der Waals surface area contributed by atoms with Crippen LogP contribution in [0.1, 0.15) is 18.4 Å². The molecule has 3 heterocycles. The Bertz CT molecular complexity index is 645.